The van der Waals surface area contributed by atoms with Crippen LogP contribution in [0.4, 0.5) is 4.39 Å². The van der Waals surface area contributed by atoms with Crippen molar-refractivity contribution in [1.29, 1.82) is 0 Å². The molecule has 0 fully saturated rings. The lowest BCUT2D eigenvalue weighted by Crippen LogP contribution is -2.04. The van der Waals surface area contributed by atoms with E-state index >= 15 is 0 Å². The largest absolute Gasteiger partial charge is 0.469 e. The van der Waals surface area contributed by atoms with Gasteiger partial charge in [0, 0.05) is 22.9 Å². The van der Waals surface area contributed by atoms with E-state index in [1.165, 1.54) is 19.2 Å². The minimum atomic E-state index is -0.307. The molecule has 4 heteroatoms. The van der Waals surface area contributed by atoms with Gasteiger partial charge < -0.3 is 4.74 Å². The number of pyridine rings is 1. The second-order valence-corrected chi connectivity index (χ2v) is 4.84. The molecule has 3 nitrogen and oxygen atoms in total. The minimum absolute atomic E-state index is 0.230. The number of carbonyl (C=O) groups excluding carboxylic acids is 1. The first kappa shape index (κ1) is 13.5. The van der Waals surface area contributed by atoms with E-state index in [1.54, 1.807) is 6.07 Å². The van der Waals surface area contributed by atoms with Crippen LogP contribution in [0.15, 0.2) is 42.5 Å². The van der Waals surface area contributed by atoms with E-state index in [-0.39, 0.29) is 18.2 Å². The number of rotatable bonds is 3. The summed E-state index contributed by atoms with van der Waals surface area (Å²) in [5.41, 5.74) is 1.56. The molecule has 2 aromatic carbocycles. The van der Waals surface area contributed by atoms with E-state index in [9.17, 15) is 9.18 Å². The van der Waals surface area contributed by atoms with Crippen LogP contribution in [-0.4, -0.2) is 18.1 Å². The van der Waals surface area contributed by atoms with Gasteiger partial charge in [0.2, 0.25) is 0 Å². The standard InChI is InChI=1S/C17H14FNO2/c1-21-17(20)9-8-16-14-10-11(18)6-7-12(14)13-4-2-3-5-15(13)19-16/h2-7,10H,8-9H2,1H3. The first-order chi connectivity index (χ1) is 10.2. The molecular formula is C17H14FNO2. The van der Waals surface area contributed by atoms with Crippen LogP contribution in [0.5, 0.6) is 0 Å². The van der Waals surface area contributed by atoms with Gasteiger partial charge in [0.05, 0.1) is 19.0 Å². The summed E-state index contributed by atoms with van der Waals surface area (Å²) in [6.07, 6.45) is 0.658. The summed E-state index contributed by atoms with van der Waals surface area (Å²) in [5.74, 6) is -0.603. The molecule has 0 saturated heterocycles. The fourth-order valence-corrected chi connectivity index (χ4v) is 2.51. The summed E-state index contributed by atoms with van der Waals surface area (Å²) in [4.78, 5) is 15.9. The Kier molecular flexibility index (Phi) is 3.52. The maximum Gasteiger partial charge on any atom is 0.305 e. The van der Waals surface area contributed by atoms with Crippen LogP contribution in [0.25, 0.3) is 21.7 Å². The molecule has 3 aromatic rings. The Hall–Kier alpha value is -2.49. The highest BCUT2D eigenvalue weighted by atomic mass is 19.1. The molecule has 106 valence electrons. The smallest absolute Gasteiger partial charge is 0.305 e. The number of nitrogens with zero attached hydrogens (tertiary/aromatic N) is 1. The fraction of sp³-hybridized carbons (Fsp3) is 0.176. The maximum atomic E-state index is 13.6. The van der Waals surface area contributed by atoms with E-state index in [4.69, 9.17) is 0 Å². The molecule has 0 bridgehead atoms. The summed E-state index contributed by atoms with van der Waals surface area (Å²) >= 11 is 0. The molecule has 0 saturated carbocycles. The van der Waals surface area contributed by atoms with Gasteiger partial charge in [-0.1, -0.05) is 24.3 Å². The molecule has 0 amide bonds. The fourth-order valence-electron chi connectivity index (χ4n) is 2.51. The number of hydrogen-bond acceptors (Lipinski definition) is 3. The third-order valence-electron chi connectivity index (χ3n) is 3.54. The Morgan fingerprint density at radius 1 is 1.14 bits per heavy atom. The molecule has 0 spiro atoms. The van der Waals surface area contributed by atoms with Gasteiger partial charge in [-0.05, 0) is 23.6 Å². The van der Waals surface area contributed by atoms with Crippen molar-refractivity contribution in [3.63, 3.8) is 0 Å². The molecule has 0 aliphatic carbocycles. The Balaban J connectivity index is 2.20. The Bertz CT molecular complexity index is 829. The summed E-state index contributed by atoms with van der Waals surface area (Å²) in [6.45, 7) is 0. The van der Waals surface area contributed by atoms with Gasteiger partial charge in [-0.25, -0.2) is 4.39 Å². The number of aryl methyl sites for hydroxylation is 1. The van der Waals surface area contributed by atoms with Crippen molar-refractivity contribution in [2.45, 2.75) is 12.8 Å². The van der Waals surface area contributed by atoms with E-state index in [0.29, 0.717) is 12.1 Å². The molecular weight excluding hydrogens is 269 g/mol. The van der Waals surface area contributed by atoms with Gasteiger partial charge in [0.25, 0.3) is 0 Å². The quantitative estimate of drug-likeness (QED) is 0.544. The molecule has 1 heterocycles. The number of methoxy groups -OCH3 is 1. The maximum absolute atomic E-state index is 13.6. The Labute approximate surface area is 121 Å². The van der Waals surface area contributed by atoms with Crippen molar-refractivity contribution < 1.29 is 13.9 Å². The van der Waals surface area contributed by atoms with Crippen LogP contribution >= 0.6 is 0 Å². The highest BCUT2D eigenvalue weighted by Gasteiger charge is 2.11. The van der Waals surface area contributed by atoms with E-state index in [2.05, 4.69) is 9.72 Å². The Morgan fingerprint density at radius 2 is 1.95 bits per heavy atom. The summed E-state index contributed by atoms with van der Waals surface area (Å²) in [6, 6.07) is 12.4. The minimum Gasteiger partial charge on any atom is -0.469 e. The zero-order chi connectivity index (χ0) is 14.8. The van der Waals surface area contributed by atoms with Crippen molar-refractivity contribution in [2.75, 3.05) is 7.11 Å². The van der Waals surface area contributed by atoms with Crippen LogP contribution in [0.2, 0.25) is 0 Å². The lowest BCUT2D eigenvalue weighted by atomic mass is 10.0. The second kappa shape index (κ2) is 5.48. The number of aromatic nitrogens is 1. The van der Waals surface area contributed by atoms with Crippen molar-refractivity contribution >= 4 is 27.6 Å². The summed E-state index contributed by atoms with van der Waals surface area (Å²) in [7, 11) is 1.36. The van der Waals surface area contributed by atoms with Gasteiger partial charge >= 0.3 is 5.97 Å². The zero-order valence-corrected chi connectivity index (χ0v) is 11.6. The van der Waals surface area contributed by atoms with Crippen molar-refractivity contribution in [3.8, 4) is 0 Å². The first-order valence-electron chi connectivity index (χ1n) is 6.73. The van der Waals surface area contributed by atoms with Gasteiger partial charge in [-0.3, -0.25) is 9.78 Å². The number of ether oxygens (including phenoxy) is 1. The van der Waals surface area contributed by atoms with Crippen molar-refractivity contribution in [3.05, 3.63) is 54.0 Å². The van der Waals surface area contributed by atoms with E-state index < -0.39 is 0 Å². The highest BCUT2D eigenvalue weighted by Crippen LogP contribution is 2.27. The molecule has 1 aromatic heterocycles. The van der Waals surface area contributed by atoms with E-state index in [1.807, 2.05) is 24.3 Å². The monoisotopic (exact) mass is 283 g/mol. The van der Waals surface area contributed by atoms with Gasteiger partial charge in [0.1, 0.15) is 5.82 Å². The summed E-state index contributed by atoms with van der Waals surface area (Å²) in [5, 5.41) is 2.67. The van der Waals surface area contributed by atoms with Crippen LogP contribution in [-0.2, 0) is 16.0 Å². The lowest BCUT2D eigenvalue weighted by Gasteiger charge is -2.09. The first-order valence-corrected chi connectivity index (χ1v) is 6.73. The molecule has 21 heavy (non-hydrogen) atoms. The van der Waals surface area contributed by atoms with Crippen molar-refractivity contribution in [2.24, 2.45) is 0 Å². The van der Waals surface area contributed by atoms with Crippen LogP contribution in [0.1, 0.15) is 12.1 Å². The van der Waals surface area contributed by atoms with Gasteiger partial charge in [-0.15, -0.1) is 0 Å². The van der Waals surface area contributed by atoms with Crippen LogP contribution in [0.3, 0.4) is 0 Å². The van der Waals surface area contributed by atoms with Crippen LogP contribution in [0, 0.1) is 5.82 Å². The number of carbonyl (C=O) groups is 1. The highest BCUT2D eigenvalue weighted by molar-refractivity contribution is 6.06. The number of benzene rings is 2. The lowest BCUT2D eigenvalue weighted by molar-refractivity contribution is -0.140. The number of fused-ring (bicyclic) bond motifs is 3. The third kappa shape index (κ3) is 2.57. The molecule has 0 radical (unpaired) electrons. The predicted octanol–water partition coefficient (Wildman–Crippen LogP) is 3.63. The van der Waals surface area contributed by atoms with Gasteiger partial charge in [0.15, 0.2) is 0 Å². The average Bonchev–Trinajstić information content (AvgIpc) is 2.52. The predicted molar refractivity (Wildman–Crippen MR) is 79.5 cm³/mol. The third-order valence-corrected chi connectivity index (χ3v) is 3.54. The molecule has 3 rings (SSSR count). The number of halogens is 1. The molecule has 0 N–H and O–H groups in total. The molecule has 0 atom stereocenters. The van der Waals surface area contributed by atoms with Crippen LogP contribution < -0.4 is 0 Å². The number of esters is 1. The SMILES string of the molecule is COC(=O)CCc1nc2ccccc2c2ccc(F)cc12. The molecule has 0 unspecified atom stereocenters. The van der Waals surface area contributed by atoms with Gasteiger partial charge in [-0.2, -0.15) is 0 Å². The summed E-state index contributed by atoms with van der Waals surface area (Å²) < 4.78 is 18.2. The zero-order valence-electron chi connectivity index (χ0n) is 11.6. The topological polar surface area (TPSA) is 39.2 Å². The number of para-hydroxylation sites is 1. The average molecular weight is 283 g/mol. The van der Waals surface area contributed by atoms with Crippen molar-refractivity contribution in [1.82, 2.24) is 4.98 Å². The molecule has 0 aliphatic heterocycles. The molecule has 0 aliphatic rings. The normalized spacial score (nSPS) is 11.0. The Morgan fingerprint density at radius 3 is 2.76 bits per heavy atom. The second-order valence-electron chi connectivity index (χ2n) is 4.84. The number of hydrogen-bond donors (Lipinski definition) is 0. The van der Waals surface area contributed by atoms with E-state index in [0.717, 1.165) is 21.7 Å².